The molecule has 0 amide bonds. The van der Waals surface area contributed by atoms with Crippen molar-refractivity contribution in [2.45, 2.75) is 67.2 Å². The maximum Gasteiger partial charge on any atom is 0.286 e. The fraction of sp³-hybridized carbons (Fsp3) is 0.667. The minimum Gasteiger partial charge on any atom is -0.420 e. The van der Waals surface area contributed by atoms with Crippen LogP contribution in [0.3, 0.4) is 0 Å². The van der Waals surface area contributed by atoms with E-state index in [-0.39, 0.29) is 0 Å². The number of hydrazone groups is 1. The highest BCUT2D eigenvalue weighted by atomic mass is 15.5. The van der Waals surface area contributed by atoms with Crippen molar-refractivity contribution < 1.29 is 0 Å². The van der Waals surface area contributed by atoms with Gasteiger partial charge in [0.2, 0.25) is 0 Å². The van der Waals surface area contributed by atoms with Gasteiger partial charge in [0, 0.05) is 17.7 Å². The first kappa shape index (κ1) is 17.8. The van der Waals surface area contributed by atoms with Gasteiger partial charge in [0.25, 0.3) is 13.3 Å². The monoisotopic (exact) mass is 315 g/mol. The molecule has 0 spiro atoms. The van der Waals surface area contributed by atoms with E-state index in [1.807, 2.05) is 0 Å². The number of nitrogens with zero attached hydrogens (tertiary/aromatic N) is 4. The molecule has 1 aromatic heterocycles. The van der Waals surface area contributed by atoms with Gasteiger partial charge in [-0.25, -0.2) is 10.0 Å². The van der Waals surface area contributed by atoms with Gasteiger partial charge in [-0.1, -0.05) is 55.4 Å². The summed E-state index contributed by atoms with van der Waals surface area (Å²) in [5.74, 6) is 1.91. The molecule has 4 nitrogen and oxygen atoms in total. The number of allylic oxidation sites excluding steroid dienone is 2. The summed E-state index contributed by atoms with van der Waals surface area (Å²) in [5.41, 5.74) is 5.06. The van der Waals surface area contributed by atoms with Gasteiger partial charge in [-0.05, 0) is 29.5 Å². The minimum atomic E-state index is -0.640. The second-order valence-electron chi connectivity index (χ2n) is 8.05. The van der Waals surface area contributed by atoms with Gasteiger partial charge in [0.1, 0.15) is 5.10 Å². The van der Waals surface area contributed by atoms with Crippen LogP contribution < -0.4 is 5.10 Å². The van der Waals surface area contributed by atoms with E-state index in [2.05, 4.69) is 77.0 Å². The summed E-state index contributed by atoms with van der Waals surface area (Å²) in [6, 6.07) is 2.28. The highest BCUT2D eigenvalue weighted by molar-refractivity contribution is 6.31. The van der Waals surface area contributed by atoms with E-state index >= 15 is 0 Å². The zero-order valence-electron chi connectivity index (χ0n) is 16.3. The van der Waals surface area contributed by atoms with Crippen molar-refractivity contribution in [3.05, 3.63) is 29.2 Å². The smallest absolute Gasteiger partial charge is 0.286 e. The predicted molar refractivity (Wildman–Crippen MR) is 101 cm³/mol. The lowest BCUT2D eigenvalue weighted by Gasteiger charge is -2.22. The molecule has 0 bridgehead atoms. The molecule has 5 heteroatoms. The topological polar surface area (TPSA) is 35.2 Å². The number of hydrogen-bond donors (Lipinski definition) is 0. The second kappa shape index (κ2) is 6.94. The van der Waals surface area contributed by atoms with Crippen molar-refractivity contribution in [2.75, 3.05) is 0 Å². The van der Waals surface area contributed by atoms with Gasteiger partial charge in [0.15, 0.2) is 0 Å². The van der Waals surface area contributed by atoms with Crippen LogP contribution in [0.2, 0.25) is 0 Å². The lowest BCUT2D eigenvalue weighted by molar-refractivity contribution is 0.454. The lowest BCUT2D eigenvalue weighted by Crippen LogP contribution is -2.35. The van der Waals surface area contributed by atoms with Crippen LogP contribution in [0.25, 0.3) is 0 Å². The first-order valence-corrected chi connectivity index (χ1v) is 9.12. The zero-order chi connectivity index (χ0) is 17.3. The summed E-state index contributed by atoms with van der Waals surface area (Å²) in [6.45, 7) is 17.8. The van der Waals surface area contributed by atoms with Gasteiger partial charge < -0.3 is 4.59 Å². The minimum absolute atomic E-state index is 0.466. The highest BCUT2D eigenvalue weighted by Gasteiger charge is 2.30. The summed E-state index contributed by atoms with van der Waals surface area (Å²) in [6.07, 6.45) is 2.28. The fourth-order valence-electron chi connectivity index (χ4n) is 3.15. The Bertz CT molecular complexity index is 609. The Morgan fingerprint density at radius 3 is 2.04 bits per heavy atom. The first-order chi connectivity index (χ1) is 10.7. The molecule has 0 fully saturated rings. The van der Waals surface area contributed by atoms with Gasteiger partial charge in [-0.3, -0.25) is 0 Å². The maximum atomic E-state index is 4.89. The first-order valence-electron chi connectivity index (χ1n) is 9.12. The van der Waals surface area contributed by atoms with Crippen molar-refractivity contribution in [3.8, 4) is 0 Å². The van der Waals surface area contributed by atoms with Gasteiger partial charge >= 0.3 is 0 Å². The Labute approximate surface area is 141 Å². The van der Waals surface area contributed by atoms with Crippen molar-refractivity contribution in [1.82, 2.24) is 19.7 Å². The second-order valence-corrected chi connectivity index (χ2v) is 8.05. The molecule has 0 N–H and O–H groups in total. The molecule has 1 aliphatic heterocycles. The highest BCUT2D eigenvalue weighted by Crippen LogP contribution is 2.23. The molecular weight excluding hydrogens is 283 g/mol. The molecule has 0 aromatic carbocycles. The zero-order valence-corrected chi connectivity index (χ0v) is 16.3. The molecule has 1 aromatic rings. The third-order valence-corrected chi connectivity index (χ3v) is 4.61. The normalized spacial score (nSPS) is 15.4. The summed E-state index contributed by atoms with van der Waals surface area (Å²) >= 11 is 0. The molecule has 23 heavy (non-hydrogen) atoms. The largest absolute Gasteiger partial charge is 0.420 e. The maximum absolute atomic E-state index is 4.89. The van der Waals surface area contributed by atoms with Crippen LogP contribution in [-0.4, -0.2) is 27.9 Å². The van der Waals surface area contributed by atoms with E-state index in [0.717, 1.165) is 0 Å². The molecule has 1 aliphatic rings. The van der Waals surface area contributed by atoms with E-state index < -0.39 is 7.55 Å². The average Bonchev–Trinajstić information content (AvgIpc) is 3.03. The summed E-state index contributed by atoms with van der Waals surface area (Å²) < 4.78 is 2.25. The van der Waals surface area contributed by atoms with E-state index in [1.54, 1.807) is 0 Å². The molecule has 0 unspecified atom stereocenters. The Hall–Kier alpha value is -1.52. The summed E-state index contributed by atoms with van der Waals surface area (Å²) in [5, 5.41) is 9.78. The Kier molecular flexibility index (Phi) is 5.38. The van der Waals surface area contributed by atoms with Crippen LogP contribution >= 0.6 is 0 Å². The van der Waals surface area contributed by atoms with Crippen molar-refractivity contribution in [3.63, 3.8) is 0 Å². The van der Waals surface area contributed by atoms with Gasteiger partial charge in [0.05, 0.1) is 5.69 Å². The molecule has 2 rings (SSSR count). The quantitative estimate of drug-likeness (QED) is 0.756. The van der Waals surface area contributed by atoms with Gasteiger partial charge in [-0.15, -0.1) is 0 Å². The third kappa shape index (κ3) is 3.88. The number of hydrogen-bond acceptors (Lipinski definition) is 3. The molecule has 127 valence electrons. The van der Waals surface area contributed by atoms with Crippen LogP contribution in [-0.2, 0) is 0 Å². The summed E-state index contributed by atoms with van der Waals surface area (Å²) in [7, 11) is -0.640. The summed E-state index contributed by atoms with van der Waals surface area (Å²) in [4.78, 5) is 2.25. The molecule has 1 radical (unpaired) electrons. The third-order valence-electron chi connectivity index (χ3n) is 4.61. The van der Waals surface area contributed by atoms with E-state index in [4.69, 9.17) is 10.2 Å². The molecular formula is C18H32BN4. The Balaban J connectivity index is 2.32. The van der Waals surface area contributed by atoms with Crippen LogP contribution in [0.1, 0.15) is 78.6 Å². The fourth-order valence-corrected chi connectivity index (χ4v) is 3.15. The van der Waals surface area contributed by atoms with E-state index in [9.17, 15) is 0 Å². The standard InChI is InChI=1S/C18H32BN4/c1-11(2)15-9-17(13(5)6)22(20-15)19-23-18(14(7)8)10-16(21-23)12(3)4/h9-14H,19H2,1-8H3. The average molecular weight is 315 g/mol. The molecule has 0 atom stereocenters. The van der Waals surface area contributed by atoms with Crippen molar-refractivity contribution >= 4 is 13.3 Å². The van der Waals surface area contributed by atoms with Crippen molar-refractivity contribution in [1.29, 1.82) is 0 Å². The van der Waals surface area contributed by atoms with Crippen LogP contribution in [0.4, 0.5) is 0 Å². The van der Waals surface area contributed by atoms with Crippen LogP contribution in [0, 0.1) is 11.8 Å². The Morgan fingerprint density at radius 1 is 0.913 bits per heavy atom. The molecule has 0 aliphatic carbocycles. The molecule has 2 heterocycles. The molecule has 0 saturated carbocycles. The van der Waals surface area contributed by atoms with Crippen LogP contribution in [0.5, 0.6) is 0 Å². The van der Waals surface area contributed by atoms with Crippen molar-refractivity contribution in [2.24, 2.45) is 11.8 Å². The number of rotatable bonds is 6. The van der Waals surface area contributed by atoms with E-state index in [0.29, 0.717) is 23.7 Å². The van der Waals surface area contributed by atoms with Gasteiger partial charge in [-0.2, -0.15) is 0 Å². The van der Waals surface area contributed by atoms with Crippen LogP contribution in [0.15, 0.2) is 17.8 Å². The SMILES string of the molecule is CC(C)C1=CC(C(C)C)=[N+]N1[BH2-]n1nc(C(C)C)cc1C(C)C. The predicted octanol–water partition coefficient (Wildman–Crippen LogP) is 3.18. The van der Waals surface area contributed by atoms with E-state index in [1.165, 1.54) is 22.8 Å². The molecule has 0 saturated heterocycles. The lowest BCUT2D eigenvalue weighted by atomic mass is 10.00. The Morgan fingerprint density at radius 2 is 1.57 bits per heavy atom. The number of aromatic nitrogens is 2.